The molecule has 1 aromatic rings. The van der Waals surface area contributed by atoms with E-state index in [1.807, 2.05) is 6.92 Å². The normalized spacial score (nSPS) is 12.1. The molecule has 0 unspecified atom stereocenters. The lowest BCUT2D eigenvalue weighted by Crippen LogP contribution is -2.26. The number of nitrogens with one attached hydrogen (secondary N) is 1. The van der Waals surface area contributed by atoms with E-state index in [0.29, 0.717) is 37.3 Å². The van der Waals surface area contributed by atoms with Crippen molar-refractivity contribution in [3.63, 3.8) is 0 Å². The third-order valence-electron chi connectivity index (χ3n) is 3.72. The molecule has 0 fully saturated rings. The highest BCUT2D eigenvalue weighted by Crippen LogP contribution is 2.29. The first-order valence-electron chi connectivity index (χ1n) is 9.00. The summed E-state index contributed by atoms with van der Waals surface area (Å²) in [5.74, 6) is -0.0485. The average Bonchev–Trinajstić information content (AvgIpc) is 2.63. The Balaban J connectivity index is 2.67. The molecule has 0 saturated heterocycles. The Kier molecular flexibility index (Phi) is 10.5. The number of benzene rings is 1. The molecule has 0 aliphatic heterocycles. The van der Waals surface area contributed by atoms with Crippen molar-refractivity contribution in [1.82, 2.24) is 5.32 Å². The zero-order valence-electron chi connectivity index (χ0n) is 15.8. The predicted octanol–water partition coefficient (Wildman–Crippen LogP) is 4.16. The van der Waals surface area contributed by atoms with E-state index in [1.165, 1.54) is 12.1 Å². The van der Waals surface area contributed by atoms with Gasteiger partial charge in [0.2, 0.25) is 5.91 Å². The van der Waals surface area contributed by atoms with Crippen LogP contribution in [0.4, 0.5) is 13.2 Å². The van der Waals surface area contributed by atoms with E-state index in [1.54, 1.807) is 7.11 Å². The molecular formula is C19H27F3N2O3. The lowest BCUT2D eigenvalue weighted by atomic mass is 10.0. The highest BCUT2D eigenvalue weighted by Gasteiger charge is 2.30. The molecule has 0 saturated carbocycles. The molecule has 0 bridgehead atoms. The smallest absolute Gasteiger partial charge is 0.394 e. The van der Waals surface area contributed by atoms with Crippen molar-refractivity contribution < 1.29 is 27.5 Å². The van der Waals surface area contributed by atoms with Gasteiger partial charge in [0.1, 0.15) is 6.61 Å². The summed E-state index contributed by atoms with van der Waals surface area (Å²) in [6.07, 6.45) is -1.02. The van der Waals surface area contributed by atoms with E-state index < -0.39 is 11.7 Å². The Bertz CT molecular complexity index is 587. The number of ether oxygens (including phenoxy) is 1. The van der Waals surface area contributed by atoms with Crippen LogP contribution in [0.5, 0.6) is 0 Å². The van der Waals surface area contributed by atoms with Crippen molar-refractivity contribution >= 4 is 11.6 Å². The Morgan fingerprint density at radius 1 is 1.11 bits per heavy atom. The first-order chi connectivity index (χ1) is 12.9. The molecule has 5 nitrogen and oxygen atoms in total. The number of halogens is 3. The summed E-state index contributed by atoms with van der Waals surface area (Å²) in [7, 11) is 1.61. The molecule has 0 aromatic heterocycles. The molecule has 8 heteroatoms. The molecule has 1 rings (SSSR count). The Morgan fingerprint density at radius 3 is 2.41 bits per heavy atom. The van der Waals surface area contributed by atoms with Gasteiger partial charge in [0.25, 0.3) is 0 Å². The third kappa shape index (κ3) is 9.42. The minimum Gasteiger partial charge on any atom is -0.394 e. The van der Waals surface area contributed by atoms with E-state index in [4.69, 9.17) is 9.57 Å². The molecule has 0 radical (unpaired) electrons. The quantitative estimate of drug-likeness (QED) is 0.332. The molecule has 1 N–H and O–H groups in total. The fourth-order valence-corrected chi connectivity index (χ4v) is 2.31. The molecule has 0 spiro atoms. The summed E-state index contributed by atoms with van der Waals surface area (Å²) in [5.41, 5.74) is 0.444. The zero-order chi connectivity index (χ0) is 20.1. The number of nitrogens with zero attached hydrogens (tertiary/aromatic N) is 1. The molecular weight excluding hydrogens is 361 g/mol. The van der Waals surface area contributed by atoms with Gasteiger partial charge >= 0.3 is 6.18 Å². The first kappa shape index (κ1) is 23.0. The fraction of sp³-hybridized carbons (Fsp3) is 0.579. The van der Waals surface area contributed by atoms with E-state index in [2.05, 4.69) is 10.5 Å². The second kappa shape index (κ2) is 12.3. The summed E-state index contributed by atoms with van der Waals surface area (Å²) in [6.45, 7) is 3.04. The molecule has 27 heavy (non-hydrogen) atoms. The van der Waals surface area contributed by atoms with Crippen molar-refractivity contribution in [2.75, 3.05) is 26.9 Å². The summed E-state index contributed by atoms with van der Waals surface area (Å²) in [4.78, 5) is 16.6. The number of oxime groups is 1. The van der Waals surface area contributed by atoms with Crippen LogP contribution in [0.1, 0.15) is 50.2 Å². The van der Waals surface area contributed by atoms with Crippen molar-refractivity contribution in [1.29, 1.82) is 0 Å². The summed E-state index contributed by atoms with van der Waals surface area (Å²) >= 11 is 0. The van der Waals surface area contributed by atoms with Crippen molar-refractivity contribution in [3.05, 3.63) is 35.4 Å². The second-order valence-electron chi connectivity index (χ2n) is 6.00. The van der Waals surface area contributed by atoms with Crippen molar-refractivity contribution in [2.24, 2.45) is 5.16 Å². The summed E-state index contributed by atoms with van der Waals surface area (Å²) < 4.78 is 43.1. The standard InChI is InChI=1S/C19H27F3N2O3/c1-3-6-18(25)23-12-14-27-24-17(7-4-5-13-26-2)15-8-10-16(11-9-15)19(20,21)22/h8-11H,3-7,12-14H2,1-2H3,(H,23,25)/b24-17+. The van der Waals surface area contributed by atoms with E-state index in [9.17, 15) is 18.0 Å². The predicted molar refractivity (Wildman–Crippen MR) is 97.6 cm³/mol. The van der Waals surface area contributed by atoms with Gasteiger partial charge < -0.3 is 14.9 Å². The van der Waals surface area contributed by atoms with Crippen LogP contribution in [0.2, 0.25) is 0 Å². The van der Waals surface area contributed by atoms with Crippen LogP contribution < -0.4 is 5.32 Å². The van der Waals surface area contributed by atoms with Gasteiger partial charge in [-0.3, -0.25) is 4.79 Å². The van der Waals surface area contributed by atoms with Crippen molar-refractivity contribution in [2.45, 2.75) is 45.2 Å². The third-order valence-corrected chi connectivity index (χ3v) is 3.72. The average molecular weight is 388 g/mol. The van der Waals surface area contributed by atoms with Gasteiger partial charge in [-0.1, -0.05) is 24.2 Å². The van der Waals surface area contributed by atoms with Crippen LogP contribution >= 0.6 is 0 Å². The molecule has 0 aliphatic rings. The SMILES string of the molecule is CCCC(=O)NCCO/N=C(\CCCCOC)c1ccc(C(F)(F)F)cc1. The Labute approximate surface area is 157 Å². The number of amides is 1. The van der Waals surface area contributed by atoms with Crippen LogP contribution in [-0.2, 0) is 20.5 Å². The highest BCUT2D eigenvalue weighted by molar-refractivity contribution is 6.00. The molecule has 0 heterocycles. The number of rotatable bonds is 12. The van der Waals surface area contributed by atoms with E-state index >= 15 is 0 Å². The van der Waals surface area contributed by atoms with Crippen LogP contribution in [0.3, 0.4) is 0 Å². The molecule has 0 atom stereocenters. The molecule has 0 aliphatic carbocycles. The van der Waals surface area contributed by atoms with Crippen LogP contribution in [-0.4, -0.2) is 38.5 Å². The lowest BCUT2D eigenvalue weighted by molar-refractivity contribution is -0.137. The van der Waals surface area contributed by atoms with Crippen LogP contribution in [0.15, 0.2) is 29.4 Å². The Morgan fingerprint density at radius 2 is 1.81 bits per heavy atom. The van der Waals surface area contributed by atoms with Gasteiger partial charge in [-0.2, -0.15) is 13.2 Å². The number of alkyl halides is 3. The number of unbranched alkanes of at least 4 members (excludes halogenated alkanes) is 1. The van der Waals surface area contributed by atoms with Gasteiger partial charge in [0, 0.05) is 20.1 Å². The zero-order valence-corrected chi connectivity index (χ0v) is 15.8. The van der Waals surface area contributed by atoms with Crippen molar-refractivity contribution in [3.8, 4) is 0 Å². The number of hydrogen-bond donors (Lipinski definition) is 1. The summed E-state index contributed by atoms with van der Waals surface area (Å²) in [5, 5.41) is 6.78. The lowest BCUT2D eigenvalue weighted by Gasteiger charge is -2.10. The molecule has 1 aromatic carbocycles. The van der Waals surface area contributed by atoms with Gasteiger partial charge in [-0.05, 0) is 43.4 Å². The van der Waals surface area contributed by atoms with Crippen LogP contribution in [0, 0.1) is 0 Å². The number of carbonyl (C=O) groups excluding carboxylic acids is 1. The van der Waals surface area contributed by atoms with Gasteiger partial charge in [-0.25, -0.2) is 0 Å². The van der Waals surface area contributed by atoms with E-state index in [-0.39, 0.29) is 12.5 Å². The monoisotopic (exact) mass is 388 g/mol. The maximum Gasteiger partial charge on any atom is 0.416 e. The number of hydrogen-bond acceptors (Lipinski definition) is 4. The molecule has 1 amide bonds. The minimum atomic E-state index is -4.37. The molecule has 152 valence electrons. The maximum atomic E-state index is 12.7. The summed E-state index contributed by atoms with van der Waals surface area (Å²) in [6, 6.07) is 4.85. The fourth-order valence-electron chi connectivity index (χ4n) is 2.31. The van der Waals surface area contributed by atoms with Gasteiger partial charge in [-0.15, -0.1) is 0 Å². The van der Waals surface area contributed by atoms with Crippen LogP contribution in [0.25, 0.3) is 0 Å². The first-order valence-corrected chi connectivity index (χ1v) is 9.00. The number of carbonyl (C=O) groups is 1. The maximum absolute atomic E-state index is 12.7. The second-order valence-corrected chi connectivity index (χ2v) is 6.00. The van der Waals surface area contributed by atoms with Gasteiger partial charge in [0.15, 0.2) is 0 Å². The topological polar surface area (TPSA) is 59.9 Å². The highest BCUT2D eigenvalue weighted by atomic mass is 19.4. The Hall–Kier alpha value is -2.09. The largest absolute Gasteiger partial charge is 0.416 e. The minimum absolute atomic E-state index is 0.0485. The van der Waals surface area contributed by atoms with E-state index in [0.717, 1.165) is 31.4 Å². The van der Waals surface area contributed by atoms with Gasteiger partial charge in [0.05, 0.1) is 17.8 Å². The number of methoxy groups -OCH3 is 1.